The molecule has 1 aromatic carbocycles. The summed E-state index contributed by atoms with van der Waals surface area (Å²) < 4.78 is 19.3. The Balaban J connectivity index is 2.25. The molecule has 0 atom stereocenters. The molecule has 2 rings (SSSR count). The molecule has 1 N–H and O–H groups in total. The van der Waals surface area contributed by atoms with Crippen molar-refractivity contribution >= 4 is 5.95 Å². The van der Waals surface area contributed by atoms with Crippen LogP contribution >= 0.6 is 0 Å². The molecule has 0 radical (unpaired) electrons. The van der Waals surface area contributed by atoms with Crippen molar-refractivity contribution in [3.63, 3.8) is 0 Å². The smallest absolute Gasteiger partial charge is 0.227 e. The molecule has 106 valence electrons. The van der Waals surface area contributed by atoms with Gasteiger partial charge < -0.3 is 10.1 Å². The maximum absolute atomic E-state index is 13.7. The number of nitrogens with zero attached hydrogens (tertiary/aromatic N) is 2. The van der Waals surface area contributed by atoms with Gasteiger partial charge in [-0.1, -0.05) is 13.0 Å². The first-order valence-electron chi connectivity index (χ1n) is 6.61. The van der Waals surface area contributed by atoms with Gasteiger partial charge in [-0.25, -0.2) is 9.37 Å². The second-order valence-electron chi connectivity index (χ2n) is 4.64. The van der Waals surface area contributed by atoms with E-state index >= 15 is 0 Å². The molecular weight excluding hydrogens is 257 g/mol. The highest BCUT2D eigenvalue weighted by Gasteiger charge is 2.10. The van der Waals surface area contributed by atoms with Crippen LogP contribution in [0.5, 0.6) is 11.6 Å². The highest BCUT2D eigenvalue weighted by Crippen LogP contribution is 2.26. The lowest BCUT2D eigenvalue weighted by Gasteiger charge is -2.10. The lowest BCUT2D eigenvalue weighted by atomic mass is 10.2. The van der Waals surface area contributed by atoms with Gasteiger partial charge in [-0.3, -0.25) is 0 Å². The fourth-order valence-corrected chi connectivity index (χ4v) is 1.64. The zero-order valence-corrected chi connectivity index (χ0v) is 11.9. The van der Waals surface area contributed by atoms with Crippen LogP contribution in [0.15, 0.2) is 24.4 Å². The monoisotopic (exact) mass is 275 g/mol. The number of nitrogens with one attached hydrogen (secondary N) is 1. The van der Waals surface area contributed by atoms with E-state index in [1.807, 2.05) is 13.8 Å². The number of hydrogen-bond donors (Lipinski definition) is 1. The van der Waals surface area contributed by atoms with E-state index in [1.165, 1.54) is 6.07 Å². The number of aryl methyl sites for hydroxylation is 2. The molecule has 0 aliphatic carbocycles. The van der Waals surface area contributed by atoms with Gasteiger partial charge in [-0.2, -0.15) is 4.98 Å². The van der Waals surface area contributed by atoms with Crippen molar-refractivity contribution in [3.8, 4) is 11.6 Å². The lowest BCUT2D eigenvalue weighted by Crippen LogP contribution is -2.05. The molecule has 4 nitrogen and oxygen atoms in total. The predicted octanol–water partition coefficient (Wildman–Crippen LogP) is 3.85. The second kappa shape index (κ2) is 6.32. The molecule has 5 heteroatoms. The molecule has 0 saturated heterocycles. The van der Waals surface area contributed by atoms with Gasteiger partial charge in [0.05, 0.1) is 0 Å². The normalized spacial score (nSPS) is 10.4. The van der Waals surface area contributed by atoms with E-state index in [9.17, 15) is 4.39 Å². The molecule has 0 spiro atoms. The van der Waals surface area contributed by atoms with Crippen LogP contribution in [0.4, 0.5) is 10.3 Å². The highest BCUT2D eigenvalue weighted by atomic mass is 19.1. The van der Waals surface area contributed by atoms with E-state index in [0.717, 1.165) is 24.1 Å². The molecule has 1 aromatic heterocycles. The largest absolute Gasteiger partial charge is 0.435 e. The zero-order chi connectivity index (χ0) is 14.5. The Kier molecular flexibility index (Phi) is 4.50. The van der Waals surface area contributed by atoms with Crippen LogP contribution in [0.3, 0.4) is 0 Å². The summed E-state index contributed by atoms with van der Waals surface area (Å²) in [5, 5.41) is 3.08. The van der Waals surface area contributed by atoms with Crippen molar-refractivity contribution in [2.75, 3.05) is 11.9 Å². The third-order valence-electron chi connectivity index (χ3n) is 2.75. The zero-order valence-electron chi connectivity index (χ0n) is 11.9. The molecule has 0 amide bonds. The molecular formula is C15H18FN3O. The summed E-state index contributed by atoms with van der Waals surface area (Å²) in [7, 11) is 0. The number of hydrogen-bond acceptors (Lipinski definition) is 4. The number of rotatable bonds is 5. The quantitative estimate of drug-likeness (QED) is 0.900. The Morgan fingerprint density at radius 1 is 1.30 bits per heavy atom. The molecule has 0 aliphatic rings. The summed E-state index contributed by atoms with van der Waals surface area (Å²) in [4.78, 5) is 8.43. The van der Waals surface area contributed by atoms with Crippen LogP contribution in [-0.4, -0.2) is 16.5 Å². The van der Waals surface area contributed by atoms with E-state index in [2.05, 4.69) is 22.2 Å². The minimum atomic E-state index is -0.406. The second-order valence-corrected chi connectivity index (χ2v) is 4.64. The lowest BCUT2D eigenvalue weighted by molar-refractivity contribution is 0.423. The summed E-state index contributed by atoms with van der Waals surface area (Å²) in [6, 6.07) is 4.73. The first-order chi connectivity index (χ1) is 9.60. The minimum absolute atomic E-state index is 0.174. The predicted molar refractivity (Wildman–Crippen MR) is 76.8 cm³/mol. The van der Waals surface area contributed by atoms with Crippen molar-refractivity contribution < 1.29 is 9.13 Å². The molecule has 1 heterocycles. The third-order valence-corrected chi connectivity index (χ3v) is 2.75. The van der Waals surface area contributed by atoms with Gasteiger partial charge in [-0.05, 0) is 38.0 Å². The minimum Gasteiger partial charge on any atom is -0.435 e. The standard InChI is InChI=1S/C15H18FN3O/c1-4-7-17-15-18-9-11(3)14(19-15)20-13-8-10(2)5-6-12(13)16/h5-6,8-9H,4,7H2,1-3H3,(H,17,18,19). The third kappa shape index (κ3) is 3.44. The maximum Gasteiger partial charge on any atom is 0.227 e. The van der Waals surface area contributed by atoms with E-state index in [-0.39, 0.29) is 5.75 Å². The summed E-state index contributed by atoms with van der Waals surface area (Å²) in [6.07, 6.45) is 2.63. The van der Waals surface area contributed by atoms with Crippen molar-refractivity contribution in [2.45, 2.75) is 27.2 Å². The molecule has 0 aliphatic heterocycles. The summed E-state index contributed by atoms with van der Waals surface area (Å²) in [6.45, 7) is 6.54. The van der Waals surface area contributed by atoms with Gasteiger partial charge in [0, 0.05) is 18.3 Å². The summed E-state index contributed by atoms with van der Waals surface area (Å²) in [5.74, 6) is 0.619. The molecule has 0 saturated carbocycles. The highest BCUT2D eigenvalue weighted by molar-refractivity contribution is 5.37. The Hall–Kier alpha value is -2.17. The van der Waals surface area contributed by atoms with Crippen molar-refractivity contribution in [3.05, 3.63) is 41.3 Å². The fraction of sp³-hybridized carbons (Fsp3) is 0.333. The van der Waals surface area contributed by atoms with E-state index in [0.29, 0.717) is 11.8 Å². The Labute approximate surface area is 118 Å². The van der Waals surface area contributed by atoms with Crippen LogP contribution in [-0.2, 0) is 0 Å². The molecule has 0 unspecified atom stereocenters. The summed E-state index contributed by atoms with van der Waals surface area (Å²) in [5.41, 5.74) is 1.69. The van der Waals surface area contributed by atoms with E-state index in [4.69, 9.17) is 4.74 Å². The average molecular weight is 275 g/mol. The number of anilines is 1. The number of halogens is 1. The topological polar surface area (TPSA) is 47.0 Å². The maximum atomic E-state index is 13.7. The molecule has 20 heavy (non-hydrogen) atoms. The Morgan fingerprint density at radius 2 is 2.10 bits per heavy atom. The Morgan fingerprint density at radius 3 is 2.85 bits per heavy atom. The van der Waals surface area contributed by atoms with Gasteiger partial charge in [0.15, 0.2) is 11.6 Å². The Bertz CT molecular complexity index is 602. The number of ether oxygens (including phenoxy) is 1. The SMILES string of the molecule is CCCNc1ncc(C)c(Oc2cc(C)ccc2F)n1. The average Bonchev–Trinajstić information content (AvgIpc) is 2.43. The van der Waals surface area contributed by atoms with Crippen molar-refractivity contribution in [1.29, 1.82) is 0 Å². The van der Waals surface area contributed by atoms with Gasteiger partial charge in [0.25, 0.3) is 0 Å². The fourth-order valence-electron chi connectivity index (χ4n) is 1.64. The van der Waals surface area contributed by atoms with Gasteiger partial charge in [-0.15, -0.1) is 0 Å². The van der Waals surface area contributed by atoms with Gasteiger partial charge >= 0.3 is 0 Å². The van der Waals surface area contributed by atoms with Crippen molar-refractivity contribution in [2.24, 2.45) is 0 Å². The van der Waals surface area contributed by atoms with Crippen LogP contribution in [0.2, 0.25) is 0 Å². The van der Waals surface area contributed by atoms with Crippen LogP contribution in [0, 0.1) is 19.7 Å². The number of benzene rings is 1. The molecule has 0 fully saturated rings. The first kappa shape index (κ1) is 14.2. The van der Waals surface area contributed by atoms with Gasteiger partial charge in [0.2, 0.25) is 11.8 Å². The van der Waals surface area contributed by atoms with Crippen LogP contribution in [0.1, 0.15) is 24.5 Å². The molecule has 0 bridgehead atoms. The van der Waals surface area contributed by atoms with Gasteiger partial charge in [0.1, 0.15) is 0 Å². The summed E-state index contributed by atoms with van der Waals surface area (Å²) >= 11 is 0. The van der Waals surface area contributed by atoms with Crippen molar-refractivity contribution in [1.82, 2.24) is 9.97 Å². The number of aromatic nitrogens is 2. The van der Waals surface area contributed by atoms with E-state index in [1.54, 1.807) is 18.3 Å². The molecule has 2 aromatic rings. The van der Waals surface area contributed by atoms with E-state index < -0.39 is 5.82 Å². The van der Waals surface area contributed by atoms with Crippen LogP contribution in [0.25, 0.3) is 0 Å². The van der Waals surface area contributed by atoms with Crippen LogP contribution < -0.4 is 10.1 Å². The first-order valence-corrected chi connectivity index (χ1v) is 6.61.